The van der Waals surface area contributed by atoms with Crippen molar-refractivity contribution in [3.05, 3.63) is 0 Å². The van der Waals surface area contributed by atoms with Crippen LogP contribution in [0.4, 0.5) is 0 Å². The topological polar surface area (TPSA) is 118 Å². The highest BCUT2D eigenvalue weighted by atomic mass is 16.3. The third kappa shape index (κ3) is 5.50. The zero-order valence-corrected chi connectivity index (χ0v) is 8.19. The first-order chi connectivity index (χ1) is 6.47. The van der Waals surface area contributed by atoms with Gasteiger partial charge in [0, 0.05) is 6.42 Å². The average molecular weight is 203 g/mol. The lowest BCUT2D eigenvalue weighted by Gasteiger charge is -2.10. The molecule has 6 nitrogen and oxygen atoms in total. The molecular formula is C8H17N3O3. The predicted octanol–water partition coefficient (Wildman–Crippen LogP) is -2.07. The van der Waals surface area contributed by atoms with E-state index in [0.29, 0.717) is 6.54 Å². The van der Waals surface area contributed by atoms with Gasteiger partial charge in [-0.25, -0.2) is 0 Å². The van der Waals surface area contributed by atoms with Crippen molar-refractivity contribution in [1.82, 2.24) is 5.32 Å². The largest absolute Gasteiger partial charge is 0.381 e. The Bertz CT molecular complexity index is 208. The molecule has 0 spiro atoms. The number of hydrogen-bond donors (Lipinski definition) is 4. The Kier molecular flexibility index (Phi) is 5.82. The maximum Gasteiger partial charge on any atom is 0.248 e. The van der Waals surface area contributed by atoms with Crippen LogP contribution in [0, 0.1) is 5.92 Å². The molecule has 2 unspecified atom stereocenters. The van der Waals surface area contributed by atoms with Crippen LogP contribution < -0.4 is 16.8 Å². The van der Waals surface area contributed by atoms with E-state index in [4.69, 9.17) is 16.6 Å². The van der Waals surface area contributed by atoms with Gasteiger partial charge >= 0.3 is 0 Å². The third-order valence-electron chi connectivity index (χ3n) is 1.76. The van der Waals surface area contributed by atoms with E-state index in [-0.39, 0.29) is 24.8 Å². The van der Waals surface area contributed by atoms with Gasteiger partial charge in [-0.3, -0.25) is 9.59 Å². The summed E-state index contributed by atoms with van der Waals surface area (Å²) in [4.78, 5) is 21.5. The molecule has 2 amide bonds. The van der Waals surface area contributed by atoms with Gasteiger partial charge in [-0.1, -0.05) is 6.92 Å². The normalized spacial score (nSPS) is 14.5. The Morgan fingerprint density at radius 1 is 1.50 bits per heavy atom. The SMILES string of the molecule is CC(CN)CC(=O)NCC(O)C(N)=O. The minimum absolute atomic E-state index is 0.0840. The summed E-state index contributed by atoms with van der Waals surface area (Å²) in [6.45, 7) is 2.11. The summed E-state index contributed by atoms with van der Waals surface area (Å²) in [5, 5.41) is 11.3. The Hall–Kier alpha value is -1.14. The molecule has 6 heteroatoms. The maximum atomic E-state index is 11.1. The first-order valence-electron chi connectivity index (χ1n) is 4.41. The molecular weight excluding hydrogens is 186 g/mol. The Morgan fingerprint density at radius 2 is 2.07 bits per heavy atom. The Labute approximate surface area is 82.6 Å². The molecule has 0 bridgehead atoms. The maximum absolute atomic E-state index is 11.1. The number of carbonyl (C=O) groups excluding carboxylic acids is 2. The van der Waals surface area contributed by atoms with E-state index < -0.39 is 12.0 Å². The zero-order valence-electron chi connectivity index (χ0n) is 8.19. The van der Waals surface area contributed by atoms with Crippen LogP contribution in [-0.4, -0.2) is 36.1 Å². The standard InChI is InChI=1S/C8H17N3O3/c1-5(3-9)2-7(13)11-4-6(12)8(10)14/h5-6,12H,2-4,9H2,1H3,(H2,10,14)(H,11,13). The van der Waals surface area contributed by atoms with E-state index in [9.17, 15) is 9.59 Å². The van der Waals surface area contributed by atoms with Crippen LogP contribution in [0.2, 0.25) is 0 Å². The molecule has 0 heterocycles. The van der Waals surface area contributed by atoms with Crippen molar-refractivity contribution in [3.8, 4) is 0 Å². The van der Waals surface area contributed by atoms with Gasteiger partial charge in [-0.15, -0.1) is 0 Å². The number of rotatable bonds is 6. The van der Waals surface area contributed by atoms with Gasteiger partial charge in [0.05, 0.1) is 6.54 Å². The summed E-state index contributed by atoms with van der Waals surface area (Å²) in [7, 11) is 0. The molecule has 0 fully saturated rings. The number of aliphatic hydroxyl groups excluding tert-OH is 1. The fourth-order valence-electron chi connectivity index (χ4n) is 0.783. The van der Waals surface area contributed by atoms with Crippen LogP contribution in [0.15, 0.2) is 0 Å². The van der Waals surface area contributed by atoms with Crippen LogP contribution in [0.25, 0.3) is 0 Å². The third-order valence-corrected chi connectivity index (χ3v) is 1.76. The number of nitrogens with one attached hydrogen (secondary N) is 1. The fraction of sp³-hybridized carbons (Fsp3) is 0.750. The van der Waals surface area contributed by atoms with Crippen molar-refractivity contribution in [3.63, 3.8) is 0 Å². The first kappa shape index (κ1) is 12.9. The van der Waals surface area contributed by atoms with Crippen molar-refractivity contribution in [2.75, 3.05) is 13.1 Å². The second-order valence-corrected chi connectivity index (χ2v) is 3.27. The van der Waals surface area contributed by atoms with E-state index in [2.05, 4.69) is 5.32 Å². The number of hydrogen-bond acceptors (Lipinski definition) is 4. The zero-order chi connectivity index (χ0) is 11.1. The van der Waals surface area contributed by atoms with E-state index in [1.54, 1.807) is 0 Å². The van der Waals surface area contributed by atoms with Crippen LogP contribution in [-0.2, 0) is 9.59 Å². The molecule has 0 radical (unpaired) electrons. The molecule has 14 heavy (non-hydrogen) atoms. The van der Waals surface area contributed by atoms with Gasteiger partial charge < -0.3 is 21.9 Å². The Balaban J connectivity index is 3.69. The quantitative estimate of drug-likeness (QED) is 0.396. The molecule has 0 aromatic heterocycles. The summed E-state index contributed by atoms with van der Waals surface area (Å²) in [6.07, 6.45) is -1.05. The Morgan fingerprint density at radius 3 is 2.50 bits per heavy atom. The minimum Gasteiger partial charge on any atom is -0.381 e. The first-order valence-corrected chi connectivity index (χ1v) is 4.41. The molecule has 0 saturated heterocycles. The monoisotopic (exact) mass is 203 g/mol. The molecule has 0 aromatic rings. The van der Waals surface area contributed by atoms with Gasteiger partial charge in [0.1, 0.15) is 6.10 Å². The number of carbonyl (C=O) groups is 2. The second kappa shape index (κ2) is 6.33. The predicted molar refractivity (Wildman–Crippen MR) is 51.0 cm³/mol. The van der Waals surface area contributed by atoms with Gasteiger partial charge in [-0.05, 0) is 12.5 Å². The van der Waals surface area contributed by atoms with Crippen LogP contribution in [0.5, 0.6) is 0 Å². The molecule has 2 atom stereocenters. The molecule has 0 rings (SSSR count). The summed E-state index contributed by atoms with van der Waals surface area (Å²) in [5.41, 5.74) is 10.1. The summed E-state index contributed by atoms with van der Waals surface area (Å²) in [6, 6.07) is 0. The van der Waals surface area contributed by atoms with E-state index in [0.717, 1.165) is 0 Å². The molecule has 0 aliphatic heterocycles. The smallest absolute Gasteiger partial charge is 0.248 e. The number of primary amides is 1. The summed E-state index contributed by atoms with van der Waals surface area (Å²) >= 11 is 0. The number of amides is 2. The second-order valence-electron chi connectivity index (χ2n) is 3.27. The highest BCUT2D eigenvalue weighted by molar-refractivity contribution is 5.80. The van der Waals surface area contributed by atoms with Crippen LogP contribution in [0.1, 0.15) is 13.3 Å². The number of nitrogens with two attached hydrogens (primary N) is 2. The van der Waals surface area contributed by atoms with Crippen molar-refractivity contribution < 1.29 is 14.7 Å². The van der Waals surface area contributed by atoms with Gasteiger partial charge in [0.25, 0.3) is 0 Å². The number of aliphatic hydroxyl groups is 1. The molecule has 0 saturated carbocycles. The van der Waals surface area contributed by atoms with Crippen molar-refractivity contribution >= 4 is 11.8 Å². The van der Waals surface area contributed by atoms with Crippen molar-refractivity contribution in [2.24, 2.45) is 17.4 Å². The van der Waals surface area contributed by atoms with E-state index in [1.807, 2.05) is 6.92 Å². The molecule has 6 N–H and O–H groups in total. The van der Waals surface area contributed by atoms with Crippen LogP contribution >= 0.6 is 0 Å². The molecule has 0 aliphatic rings. The van der Waals surface area contributed by atoms with Gasteiger partial charge in [0.15, 0.2) is 0 Å². The lowest BCUT2D eigenvalue weighted by atomic mass is 10.1. The molecule has 0 aromatic carbocycles. The lowest BCUT2D eigenvalue weighted by molar-refractivity contribution is -0.127. The molecule has 0 aliphatic carbocycles. The van der Waals surface area contributed by atoms with E-state index >= 15 is 0 Å². The minimum atomic E-state index is -1.33. The van der Waals surface area contributed by atoms with Gasteiger partial charge in [0.2, 0.25) is 11.8 Å². The summed E-state index contributed by atoms with van der Waals surface area (Å²) < 4.78 is 0. The van der Waals surface area contributed by atoms with Gasteiger partial charge in [-0.2, -0.15) is 0 Å². The van der Waals surface area contributed by atoms with Crippen molar-refractivity contribution in [2.45, 2.75) is 19.4 Å². The van der Waals surface area contributed by atoms with E-state index in [1.165, 1.54) is 0 Å². The highest BCUT2D eigenvalue weighted by Gasteiger charge is 2.13. The summed E-state index contributed by atoms with van der Waals surface area (Å²) in [5.74, 6) is -1.01. The van der Waals surface area contributed by atoms with Crippen molar-refractivity contribution in [1.29, 1.82) is 0 Å². The van der Waals surface area contributed by atoms with Crippen LogP contribution in [0.3, 0.4) is 0 Å². The lowest BCUT2D eigenvalue weighted by Crippen LogP contribution is -2.40. The fourth-order valence-corrected chi connectivity index (χ4v) is 0.783. The average Bonchev–Trinajstić information content (AvgIpc) is 2.13. The highest BCUT2D eigenvalue weighted by Crippen LogP contribution is 1.97. The molecule has 82 valence electrons.